The average Bonchev–Trinajstić information content (AvgIpc) is 2.78. The molecule has 5 N–H and O–H groups in total. The Morgan fingerprint density at radius 2 is 2.37 bits per heavy atom. The van der Waals surface area contributed by atoms with Crippen molar-refractivity contribution in [3.63, 3.8) is 0 Å². The fourth-order valence-electron chi connectivity index (χ4n) is 1.14. The van der Waals surface area contributed by atoms with Gasteiger partial charge in [0.2, 0.25) is 5.91 Å². The van der Waals surface area contributed by atoms with Crippen LogP contribution in [0.15, 0.2) is 12.5 Å². The molecule has 0 aromatic carbocycles. The molecule has 0 aliphatic carbocycles. The summed E-state index contributed by atoms with van der Waals surface area (Å²) in [7, 11) is -4.29. The van der Waals surface area contributed by atoms with E-state index in [0.717, 1.165) is 0 Å². The zero-order valence-corrected chi connectivity index (χ0v) is 12.4. The van der Waals surface area contributed by atoms with Crippen LogP contribution in [0.1, 0.15) is 14.9 Å². The van der Waals surface area contributed by atoms with Gasteiger partial charge in [-0.3, -0.25) is 9.35 Å². The molecule has 10 heteroatoms. The minimum absolute atomic E-state index is 0. The van der Waals surface area contributed by atoms with Crippen molar-refractivity contribution in [1.29, 1.82) is 0 Å². The smallest absolute Gasteiger partial charge is 0.264 e. The molecule has 0 bridgehead atoms. The topological polar surface area (TPSA) is 138 Å². The molecule has 1 aromatic rings. The Kier molecular flexibility index (Phi) is 6.27. The first-order chi connectivity index (χ1) is 9.09. The number of imidazole rings is 1. The van der Waals surface area contributed by atoms with Crippen molar-refractivity contribution in [3.05, 3.63) is 18.2 Å². The van der Waals surface area contributed by atoms with Gasteiger partial charge >= 0.3 is 0 Å². The molecule has 1 atom stereocenters. The van der Waals surface area contributed by atoms with E-state index in [2.05, 4.69) is 9.97 Å². The van der Waals surface area contributed by atoms with E-state index in [9.17, 15) is 13.2 Å². The molecular weight excluding hydrogens is 340 g/mol. The molecule has 8 nitrogen and oxygen atoms in total. The number of H-pyrrole nitrogens is 1. The van der Waals surface area contributed by atoms with Crippen molar-refractivity contribution < 1.29 is 20.5 Å². The van der Waals surface area contributed by atoms with Crippen LogP contribution < -0.4 is 11.1 Å². The van der Waals surface area contributed by atoms with Crippen LogP contribution in [0.2, 0.25) is 0 Å². The van der Waals surface area contributed by atoms with Crippen LogP contribution in [0.25, 0.3) is 0 Å². The van der Waals surface area contributed by atoms with E-state index >= 15 is 0 Å². The number of halogens is 1. The Hall–Kier alpha value is -0.970. The lowest BCUT2D eigenvalue weighted by Crippen LogP contribution is -2.42. The van der Waals surface area contributed by atoms with E-state index in [1.54, 1.807) is 6.20 Å². The zero-order valence-electron chi connectivity index (χ0n) is 11.9. The number of nitrogens with zero attached hydrogens (tertiary/aromatic N) is 1. The minimum Gasteiger partial charge on any atom is -0.355 e. The van der Waals surface area contributed by atoms with Gasteiger partial charge in [-0.15, -0.1) is 17.0 Å². The SMILES string of the molecule is Br.[2H]C([2H])(CCS(=O)(=O)O)NC(=O)C(N)Cc1c[nH]cn1. The third-order valence-corrected chi connectivity index (χ3v) is 2.74. The molecule has 0 saturated heterocycles. The number of carbonyl (C=O) groups excluding carboxylic acids is 1. The van der Waals surface area contributed by atoms with Gasteiger partial charge in [0.05, 0.1) is 23.8 Å². The van der Waals surface area contributed by atoms with E-state index in [4.69, 9.17) is 13.0 Å². The summed E-state index contributed by atoms with van der Waals surface area (Å²) in [6, 6.07) is -1.01. The van der Waals surface area contributed by atoms with E-state index in [0.29, 0.717) is 5.69 Å². The van der Waals surface area contributed by atoms with Crippen molar-refractivity contribution in [2.45, 2.75) is 18.9 Å². The number of amides is 1. The Morgan fingerprint density at radius 1 is 1.68 bits per heavy atom. The minimum atomic E-state index is -4.29. The van der Waals surface area contributed by atoms with Crippen LogP contribution in [0.4, 0.5) is 0 Å². The maximum absolute atomic E-state index is 11.7. The number of nitrogens with one attached hydrogen (secondary N) is 2. The molecule has 19 heavy (non-hydrogen) atoms. The second-order valence-corrected chi connectivity index (χ2v) is 5.15. The van der Waals surface area contributed by atoms with E-state index in [1.807, 2.05) is 5.32 Å². The average molecular weight is 359 g/mol. The van der Waals surface area contributed by atoms with Gasteiger partial charge in [0.15, 0.2) is 0 Å². The van der Waals surface area contributed by atoms with Crippen molar-refractivity contribution >= 4 is 33.0 Å². The predicted molar refractivity (Wildman–Crippen MR) is 74.6 cm³/mol. The third kappa shape index (κ3) is 7.93. The summed E-state index contributed by atoms with van der Waals surface area (Å²) in [5, 5.41) is 2.00. The Labute approximate surface area is 124 Å². The Balaban J connectivity index is 0.00000400. The lowest BCUT2D eigenvalue weighted by Gasteiger charge is -2.10. The molecule has 0 saturated carbocycles. The van der Waals surface area contributed by atoms with Gasteiger partial charge in [0.1, 0.15) is 0 Å². The lowest BCUT2D eigenvalue weighted by molar-refractivity contribution is -0.122. The highest BCUT2D eigenvalue weighted by molar-refractivity contribution is 8.93. The van der Waals surface area contributed by atoms with Crippen LogP contribution in [0, 0.1) is 0 Å². The highest BCUT2D eigenvalue weighted by Gasteiger charge is 2.14. The number of hydrogen-bond acceptors (Lipinski definition) is 5. The van der Waals surface area contributed by atoms with Gasteiger partial charge in [-0.05, 0) is 6.42 Å². The van der Waals surface area contributed by atoms with Crippen molar-refractivity contribution in [2.24, 2.45) is 5.73 Å². The lowest BCUT2D eigenvalue weighted by atomic mass is 10.1. The largest absolute Gasteiger partial charge is 0.355 e. The number of aromatic nitrogens is 2. The van der Waals surface area contributed by atoms with Gasteiger partial charge < -0.3 is 16.0 Å². The monoisotopic (exact) mass is 358 g/mol. The summed E-state index contributed by atoms with van der Waals surface area (Å²) in [5.41, 5.74) is 6.14. The summed E-state index contributed by atoms with van der Waals surface area (Å²) in [6.45, 7) is -2.28. The number of carbonyl (C=O) groups is 1. The van der Waals surface area contributed by atoms with Crippen LogP contribution in [0.3, 0.4) is 0 Å². The summed E-state index contributed by atoms with van der Waals surface area (Å²) >= 11 is 0. The van der Waals surface area contributed by atoms with E-state index < -0.39 is 40.7 Å². The molecular formula is C9H17BrN4O4S. The Bertz CT molecular complexity index is 552. The van der Waals surface area contributed by atoms with E-state index in [-0.39, 0.29) is 23.4 Å². The van der Waals surface area contributed by atoms with Crippen molar-refractivity contribution in [2.75, 3.05) is 12.2 Å². The summed E-state index contributed by atoms with van der Waals surface area (Å²) in [4.78, 5) is 18.3. The van der Waals surface area contributed by atoms with Crippen molar-refractivity contribution in [1.82, 2.24) is 15.3 Å². The third-order valence-electron chi connectivity index (χ3n) is 2.02. The van der Waals surface area contributed by atoms with Crippen molar-refractivity contribution in [3.8, 4) is 0 Å². The van der Waals surface area contributed by atoms with Crippen LogP contribution in [-0.2, 0) is 21.3 Å². The standard InChI is InChI=1S/C9H16N4O4S.BrH/c10-8(4-7-5-11-6-13-7)9(14)12-2-1-3-18(15,16)17;/h5-6,8H,1-4,10H2,(H,11,13)(H,12,14)(H,15,16,17);1H/i2D2;. The molecule has 0 radical (unpaired) electrons. The number of rotatable bonds is 7. The molecule has 1 aromatic heterocycles. The van der Waals surface area contributed by atoms with E-state index in [1.165, 1.54) is 6.33 Å². The van der Waals surface area contributed by atoms with Crippen LogP contribution in [-0.4, -0.2) is 47.1 Å². The molecule has 0 spiro atoms. The predicted octanol–water partition coefficient (Wildman–Crippen LogP) is -0.748. The second-order valence-electron chi connectivity index (χ2n) is 3.57. The highest BCUT2D eigenvalue weighted by Crippen LogP contribution is 1.96. The highest BCUT2D eigenvalue weighted by atomic mass is 79.9. The molecule has 1 amide bonds. The number of nitrogens with two attached hydrogens (primary N) is 1. The molecule has 0 fully saturated rings. The summed E-state index contributed by atoms with van der Waals surface area (Å²) in [6.07, 6.45) is 2.52. The second kappa shape index (κ2) is 8.25. The molecule has 110 valence electrons. The molecule has 0 aliphatic rings. The fraction of sp³-hybridized carbons (Fsp3) is 0.556. The van der Waals surface area contributed by atoms with Gasteiger partial charge in [0, 0.05) is 21.9 Å². The molecule has 1 unspecified atom stereocenters. The van der Waals surface area contributed by atoms with Gasteiger partial charge in [0.25, 0.3) is 10.1 Å². The normalized spacial score (nSPS) is 14.8. The summed E-state index contributed by atoms with van der Waals surface area (Å²) in [5.74, 6) is -1.57. The maximum atomic E-state index is 11.7. The maximum Gasteiger partial charge on any atom is 0.264 e. The first-order valence-electron chi connectivity index (χ1n) is 6.09. The Morgan fingerprint density at radius 3 is 2.89 bits per heavy atom. The quantitative estimate of drug-likeness (QED) is 0.473. The van der Waals surface area contributed by atoms with Gasteiger partial charge in [-0.2, -0.15) is 8.42 Å². The van der Waals surface area contributed by atoms with Gasteiger partial charge in [-0.25, -0.2) is 4.98 Å². The van der Waals surface area contributed by atoms with Crippen LogP contribution in [0.5, 0.6) is 0 Å². The fourth-order valence-corrected chi connectivity index (χ4v) is 1.50. The molecule has 1 heterocycles. The number of aromatic amines is 1. The molecule has 1 rings (SSSR count). The summed E-state index contributed by atoms with van der Waals surface area (Å²) < 4.78 is 44.6. The number of hydrogen-bond donors (Lipinski definition) is 4. The first kappa shape index (κ1) is 14.4. The first-order valence-corrected chi connectivity index (χ1v) is 6.70. The van der Waals surface area contributed by atoms with Crippen LogP contribution >= 0.6 is 17.0 Å². The zero-order chi connectivity index (χ0) is 15.4. The van der Waals surface area contributed by atoms with Gasteiger partial charge in [-0.1, -0.05) is 0 Å². The molecule has 0 aliphatic heterocycles.